The van der Waals surface area contributed by atoms with Gasteiger partial charge in [-0.15, -0.1) is 0 Å². The highest BCUT2D eigenvalue weighted by molar-refractivity contribution is 5.82. The van der Waals surface area contributed by atoms with Crippen molar-refractivity contribution in [3.8, 4) is 0 Å². The van der Waals surface area contributed by atoms with E-state index in [1.54, 1.807) is 0 Å². The Morgan fingerprint density at radius 1 is 1.06 bits per heavy atom. The summed E-state index contributed by atoms with van der Waals surface area (Å²) in [7, 11) is 0. The molecule has 0 bridgehead atoms. The first kappa shape index (κ1) is 12.5. The van der Waals surface area contributed by atoms with Gasteiger partial charge in [0.25, 0.3) is 0 Å². The molecular weight excluding hydrogens is 224 g/mol. The van der Waals surface area contributed by atoms with Crippen LogP contribution in [0.5, 0.6) is 0 Å². The van der Waals surface area contributed by atoms with Gasteiger partial charge in [-0.25, -0.2) is 0 Å². The second-order valence-corrected chi connectivity index (χ2v) is 6.48. The molecule has 4 unspecified atom stereocenters. The summed E-state index contributed by atoms with van der Waals surface area (Å²) < 4.78 is 0. The van der Waals surface area contributed by atoms with Crippen LogP contribution >= 0.6 is 0 Å². The maximum atomic E-state index is 12.7. The van der Waals surface area contributed by atoms with Gasteiger partial charge in [-0.05, 0) is 51.4 Å². The van der Waals surface area contributed by atoms with Crippen molar-refractivity contribution in [2.75, 3.05) is 6.54 Å². The molecule has 1 saturated carbocycles. The van der Waals surface area contributed by atoms with Gasteiger partial charge < -0.3 is 10.2 Å². The average Bonchev–Trinajstić information content (AvgIpc) is 2.82. The van der Waals surface area contributed by atoms with E-state index < -0.39 is 0 Å². The Kier molecular flexibility index (Phi) is 3.60. The van der Waals surface area contributed by atoms with Crippen molar-refractivity contribution in [3.05, 3.63) is 0 Å². The molecule has 102 valence electrons. The minimum atomic E-state index is 0.106. The monoisotopic (exact) mass is 250 g/mol. The second kappa shape index (κ2) is 5.20. The Morgan fingerprint density at radius 3 is 2.72 bits per heavy atom. The second-order valence-electron chi connectivity index (χ2n) is 6.48. The normalized spacial score (nSPS) is 40.6. The van der Waals surface area contributed by atoms with Gasteiger partial charge in [0.05, 0.1) is 6.04 Å². The van der Waals surface area contributed by atoms with Crippen LogP contribution in [0.4, 0.5) is 0 Å². The molecule has 2 heterocycles. The Balaban J connectivity index is 1.65. The molecule has 4 atom stereocenters. The number of hydrogen-bond acceptors (Lipinski definition) is 2. The molecule has 3 aliphatic rings. The highest BCUT2D eigenvalue weighted by Gasteiger charge is 2.40. The lowest BCUT2D eigenvalue weighted by molar-refractivity contribution is -0.136. The molecule has 1 N–H and O–H groups in total. The van der Waals surface area contributed by atoms with Crippen LogP contribution in [0.2, 0.25) is 0 Å². The summed E-state index contributed by atoms with van der Waals surface area (Å²) in [6, 6.07) is 1.19. The molecule has 0 aromatic heterocycles. The summed E-state index contributed by atoms with van der Waals surface area (Å²) in [4.78, 5) is 14.9. The lowest BCUT2D eigenvalue weighted by Gasteiger charge is -2.36. The number of amides is 1. The summed E-state index contributed by atoms with van der Waals surface area (Å²) in [6.45, 7) is 3.22. The van der Waals surface area contributed by atoms with Crippen LogP contribution < -0.4 is 5.32 Å². The van der Waals surface area contributed by atoms with Crippen molar-refractivity contribution in [1.29, 1.82) is 0 Å². The van der Waals surface area contributed by atoms with E-state index in [0.717, 1.165) is 18.9 Å². The Bertz CT molecular complexity index is 318. The largest absolute Gasteiger partial charge is 0.338 e. The van der Waals surface area contributed by atoms with E-state index in [0.29, 0.717) is 18.0 Å². The van der Waals surface area contributed by atoms with E-state index in [9.17, 15) is 4.79 Å². The van der Waals surface area contributed by atoms with E-state index in [4.69, 9.17) is 0 Å². The molecule has 3 rings (SSSR count). The molecule has 3 nitrogen and oxygen atoms in total. The number of nitrogens with zero attached hydrogens (tertiary/aromatic N) is 1. The van der Waals surface area contributed by atoms with Gasteiger partial charge in [0, 0.05) is 18.6 Å². The number of rotatable bonds is 1. The molecule has 3 heteroatoms. The van der Waals surface area contributed by atoms with Crippen molar-refractivity contribution in [3.63, 3.8) is 0 Å². The smallest absolute Gasteiger partial charge is 0.239 e. The predicted octanol–water partition coefficient (Wildman–Crippen LogP) is 2.31. The Hall–Kier alpha value is -0.570. The Morgan fingerprint density at radius 2 is 1.89 bits per heavy atom. The first-order chi connectivity index (χ1) is 8.75. The molecule has 0 aromatic rings. The number of carbonyl (C=O) groups excluding carboxylic acids is 1. The number of piperidine rings is 1. The van der Waals surface area contributed by atoms with Gasteiger partial charge in [-0.1, -0.05) is 12.8 Å². The molecule has 3 fully saturated rings. The zero-order chi connectivity index (χ0) is 12.5. The standard InChI is InChI=1S/C15H26N2O/c1-11-5-4-7-13(16-11)15(18)17-10-9-12-6-2-3-8-14(12)17/h11-14,16H,2-10H2,1H3. The molecule has 2 aliphatic heterocycles. The van der Waals surface area contributed by atoms with Crippen molar-refractivity contribution in [1.82, 2.24) is 10.2 Å². The molecule has 18 heavy (non-hydrogen) atoms. The zero-order valence-electron chi connectivity index (χ0n) is 11.5. The number of nitrogens with one attached hydrogen (secondary N) is 1. The molecule has 1 amide bonds. The third-order valence-corrected chi connectivity index (χ3v) is 5.21. The van der Waals surface area contributed by atoms with Crippen LogP contribution in [0, 0.1) is 5.92 Å². The van der Waals surface area contributed by atoms with Gasteiger partial charge in [0.15, 0.2) is 0 Å². The fraction of sp³-hybridized carbons (Fsp3) is 0.933. The SMILES string of the molecule is CC1CCCC(C(=O)N2CCC3CCCCC32)N1. The number of likely N-dealkylation sites (tertiary alicyclic amines) is 1. The minimum absolute atomic E-state index is 0.106. The first-order valence-electron chi connectivity index (χ1n) is 7.82. The zero-order valence-corrected chi connectivity index (χ0v) is 11.5. The van der Waals surface area contributed by atoms with Crippen LogP contribution in [0.3, 0.4) is 0 Å². The summed E-state index contributed by atoms with van der Waals surface area (Å²) in [5.41, 5.74) is 0. The third kappa shape index (κ3) is 2.29. The van der Waals surface area contributed by atoms with Crippen molar-refractivity contribution in [2.24, 2.45) is 5.92 Å². The van der Waals surface area contributed by atoms with Crippen molar-refractivity contribution >= 4 is 5.91 Å². The molecule has 2 saturated heterocycles. The lowest BCUT2D eigenvalue weighted by Crippen LogP contribution is -2.53. The lowest BCUT2D eigenvalue weighted by atomic mass is 9.85. The highest BCUT2D eigenvalue weighted by atomic mass is 16.2. The van der Waals surface area contributed by atoms with E-state index in [2.05, 4.69) is 17.1 Å². The van der Waals surface area contributed by atoms with Crippen molar-refractivity contribution < 1.29 is 4.79 Å². The summed E-state index contributed by atoms with van der Waals surface area (Å²) in [5, 5.41) is 3.50. The van der Waals surface area contributed by atoms with Gasteiger partial charge >= 0.3 is 0 Å². The maximum absolute atomic E-state index is 12.7. The van der Waals surface area contributed by atoms with E-state index in [1.165, 1.54) is 44.9 Å². The van der Waals surface area contributed by atoms with Gasteiger partial charge in [0.2, 0.25) is 5.91 Å². The van der Waals surface area contributed by atoms with Crippen LogP contribution in [-0.4, -0.2) is 35.5 Å². The number of hydrogen-bond donors (Lipinski definition) is 1. The van der Waals surface area contributed by atoms with E-state index in [1.807, 2.05) is 0 Å². The summed E-state index contributed by atoms with van der Waals surface area (Å²) in [6.07, 6.45) is 10.0. The molecule has 0 spiro atoms. The number of carbonyl (C=O) groups is 1. The quantitative estimate of drug-likeness (QED) is 0.774. The topological polar surface area (TPSA) is 32.3 Å². The predicted molar refractivity (Wildman–Crippen MR) is 72.3 cm³/mol. The molecule has 0 radical (unpaired) electrons. The van der Waals surface area contributed by atoms with Gasteiger partial charge in [-0.2, -0.15) is 0 Å². The maximum Gasteiger partial charge on any atom is 0.239 e. The van der Waals surface area contributed by atoms with Crippen molar-refractivity contribution in [2.45, 2.75) is 76.4 Å². The number of fused-ring (bicyclic) bond motifs is 1. The molecule has 1 aliphatic carbocycles. The minimum Gasteiger partial charge on any atom is -0.338 e. The van der Waals surface area contributed by atoms with Gasteiger partial charge in [0.1, 0.15) is 0 Å². The third-order valence-electron chi connectivity index (χ3n) is 5.21. The van der Waals surface area contributed by atoms with Crippen LogP contribution in [0.15, 0.2) is 0 Å². The van der Waals surface area contributed by atoms with Crippen LogP contribution in [-0.2, 0) is 4.79 Å². The summed E-state index contributed by atoms with van der Waals surface area (Å²) in [5.74, 6) is 1.21. The molecule has 0 aromatic carbocycles. The highest BCUT2D eigenvalue weighted by Crippen LogP contribution is 2.36. The first-order valence-corrected chi connectivity index (χ1v) is 7.82. The van der Waals surface area contributed by atoms with E-state index >= 15 is 0 Å². The fourth-order valence-corrected chi connectivity index (χ4v) is 4.21. The fourth-order valence-electron chi connectivity index (χ4n) is 4.21. The van der Waals surface area contributed by atoms with Crippen LogP contribution in [0.25, 0.3) is 0 Å². The van der Waals surface area contributed by atoms with E-state index in [-0.39, 0.29) is 6.04 Å². The summed E-state index contributed by atoms with van der Waals surface area (Å²) >= 11 is 0. The van der Waals surface area contributed by atoms with Crippen LogP contribution in [0.1, 0.15) is 58.3 Å². The molecular formula is C15H26N2O. The average molecular weight is 250 g/mol. The van der Waals surface area contributed by atoms with Gasteiger partial charge in [-0.3, -0.25) is 4.79 Å². The Labute approximate surface area is 110 Å².